The molecule has 0 fully saturated rings. The number of fused-ring (bicyclic) bond motifs is 1. The molecule has 0 bridgehead atoms. The first kappa shape index (κ1) is 20.3. The Balaban J connectivity index is 1.67. The van der Waals surface area contributed by atoms with Crippen molar-refractivity contribution in [3.8, 4) is 0 Å². The summed E-state index contributed by atoms with van der Waals surface area (Å²) >= 11 is 0. The van der Waals surface area contributed by atoms with Gasteiger partial charge in [0, 0.05) is 23.0 Å². The number of nitrogens with zero attached hydrogens (tertiary/aromatic N) is 2. The largest absolute Gasteiger partial charge is 0.379 e. The minimum absolute atomic E-state index is 0.0870. The van der Waals surface area contributed by atoms with Crippen molar-refractivity contribution in [2.75, 3.05) is 17.2 Å². The number of amidine groups is 1. The third-order valence-electron chi connectivity index (χ3n) is 4.26. The first-order chi connectivity index (χ1) is 14.5. The van der Waals surface area contributed by atoms with Crippen molar-refractivity contribution in [3.05, 3.63) is 66.0 Å². The molecule has 0 unspecified atom stereocenters. The highest BCUT2D eigenvalue weighted by Gasteiger charge is 2.10. The molecule has 1 heterocycles. The van der Waals surface area contributed by atoms with Crippen LogP contribution in [0.1, 0.15) is 16.1 Å². The highest BCUT2D eigenvalue weighted by Crippen LogP contribution is 2.18. The van der Waals surface area contributed by atoms with Gasteiger partial charge >= 0.3 is 0 Å². The van der Waals surface area contributed by atoms with Crippen molar-refractivity contribution >= 4 is 52.3 Å². The molecule has 150 valence electrons. The van der Waals surface area contributed by atoms with Gasteiger partial charge in [0.05, 0.1) is 12.1 Å². The number of rotatable bonds is 8. The van der Waals surface area contributed by atoms with Crippen LogP contribution < -0.4 is 21.8 Å². The average molecular weight is 403 g/mol. The van der Waals surface area contributed by atoms with Crippen LogP contribution in [0.25, 0.3) is 10.8 Å². The molecule has 2 amide bonds. The quantitative estimate of drug-likeness (QED) is 0.239. The van der Waals surface area contributed by atoms with Gasteiger partial charge in [-0.25, -0.2) is 4.99 Å². The second kappa shape index (κ2) is 9.20. The number of pyridine rings is 1. The maximum absolute atomic E-state index is 12.5. The van der Waals surface area contributed by atoms with Crippen LogP contribution in [0.3, 0.4) is 0 Å². The maximum Gasteiger partial charge on any atom is 0.274 e. The zero-order valence-electron chi connectivity index (χ0n) is 15.8. The number of aromatic nitrogens is 1. The molecule has 6 N–H and O–H groups in total. The molecule has 1 aromatic heterocycles. The predicted octanol–water partition coefficient (Wildman–Crippen LogP) is 0.160. The first-order valence-corrected chi connectivity index (χ1v) is 8.89. The summed E-state index contributed by atoms with van der Waals surface area (Å²) in [7, 11) is 0. The molecule has 0 aliphatic heterocycles. The fraction of sp³-hybridized carbons (Fsp3) is 0.0476. The van der Waals surface area contributed by atoms with Crippen LogP contribution >= 0.6 is 0 Å². The van der Waals surface area contributed by atoms with Crippen LogP contribution in [0.15, 0.2) is 59.7 Å². The number of aldehydes is 1. The lowest BCUT2D eigenvalue weighted by molar-refractivity contribution is -0.114. The van der Waals surface area contributed by atoms with Crippen LogP contribution in [0.2, 0.25) is 0 Å². The SMILES string of the molecule is NC(=[NH2+])c1ccc2cc(C(=O)Nc3ccc(NCC(C=O)=NC=O)cc3)ncc2c1. The number of nitrogens with one attached hydrogen (secondary N) is 2. The topological polar surface area (TPSA) is 152 Å². The van der Waals surface area contributed by atoms with E-state index in [4.69, 9.17) is 11.1 Å². The smallest absolute Gasteiger partial charge is 0.274 e. The van der Waals surface area contributed by atoms with Crippen LogP contribution in [0.4, 0.5) is 11.4 Å². The van der Waals surface area contributed by atoms with Gasteiger partial charge in [0.15, 0.2) is 6.29 Å². The second-order valence-electron chi connectivity index (χ2n) is 6.32. The Morgan fingerprint density at radius 3 is 2.47 bits per heavy atom. The van der Waals surface area contributed by atoms with Gasteiger partial charge in [-0.05, 0) is 47.9 Å². The summed E-state index contributed by atoms with van der Waals surface area (Å²) in [6.07, 6.45) is 2.42. The molecule has 2 aromatic carbocycles. The average Bonchev–Trinajstić information content (AvgIpc) is 2.76. The van der Waals surface area contributed by atoms with E-state index < -0.39 is 0 Å². The molecule has 9 heteroatoms. The van der Waals surface area contributed by atoms with E-state index in [-0.39, 0.29) is 29.7 Å². The van der Waals surface area contributed by atoms with Crippen molar-refractivity contribution in [2.45, 2.75) is 0 Å². The predicted molar refractivity (Wildman–Crippen MR) is 114 cm³/mol. The Morgan fingerprint density at radius 1 is 1.07 bits per heavy atom. The lowest BCUT2D eigenvalue weighted by atomic mass is 10.1. The van der Waals surface area contributed by atoms with Crippen LogP contribution in [0.5, 0.6) is 0 Å². The monoisotopic (exact) mass is 403 g/mol. The van der Waals surface area contributed by atoms with Gasteiger partial charge in [0.2, 0.25) is 6.41 Å². The standard InChI is InChI=1S/C21H18N6O3/c22-20(23)14-2-1-13-8-19(25-9-15(13)7-14)21(30)27-17-5-3-16(4-6-17)24-10-18(11-28)26-12-29/h1-9,11-12,24H,10H2,(H3,22,23)(H,27,30)/p+1. The van der Waals surface area contributed by atoms with Gasteiger partial charge in [0.1, 0.15) is 11.4 Å². The molecule has 0 atom stereocenters. The van der Waals surface area contributed by atoms with Crippen molar-refractivity contribution in [1.29, 1.82) is 0 Å². The van der Waals surface area contributed by atoms with Gasteiger partial charge < -0.3 is 10.6 Å². The summed E-state index contributed by atoms with van der Waals surface area (Å²) < 4.78 is 0. The molecule has 0 radical (unpaired) electrons. The highest BCUT2D eigenvalue weighted by atomic mass is 16.2. The van der Waals surface area contributed by atoms with E-state index >= 15 is 0 Å². The molecule has 30 heavy (non-hydrogen) atoms. The number of anilines is 2. The Labute approximate surface area is 171 Å². The molecule has 3 rings (SSSR count). The third kappa shape index (κ3) is 4.90. The number of hydrogen-bond donors (Lipinski definition) is 4. The summed E-state index contributed by atoms with van der Waals surface area (Å²) in [4.78, 5) is 41.2. The van der Waals surface area contributed by atoms with Crippen LogP contribution in [-0.2, 0) is 9.59 Å². The molecule has 0 aliphatic carbocycles. The number of aliphatic imine (C=N–C) groups is 1. The van der Waals surface area contributed by atoms with Gasteiger partial charge in [-0.2, -0.15) is 0 Å². The number of amides is 2. The third-order valence-corrected chi connectivity index (χ3v) is 4.26. The lowest BCUT2D eigenvalue weighted by Gasteiger charge is -2.08. The van der Waals surface area contributed by atoms with E-state index in [1.807, 2.05) is 6.07 Å². The Morgan fingerprint density at radius 2 is 1.80 bits per heavy atom. The number of carbonyl (C=O) groups excluding carboxylic acids is 3. The van der Waals surface area contributed by atoms with Crippen LogP contribution in [0, 0.1) is 0 Å². The summed E-state index contributed by atoms with van der Waals surface area (Å²) in [6.45, 7) is 0.115. The Hall–Kier alpha value is -4.40. The Bertz CT molecular complexity index is 1160. The zero-order valence-corrected chi connectivity index (χ0v) is 15.8. The molecular weight excluding hydrogens is 384 g/mol. The first-order valence-electron chi connectivity index (χ1n) is 8.89. The lowest BCUT2D eigenvalue weighted by Crippen LogP contribution is -2.46. The van der Waals surface area contributed by atoms with Crippen molar-refractivity contribution in [3.63, 3.8) is 0 Å². The van der Waals surface area contributed by atoms with E-state index in [0.717, 1.165) is 10.8 Å². The van der Waals surface area contributed by atoms with E-state index in [1.54, 1.807) is 48.7 Å². The van der Waals surface area contributed by atoms with Gasteiger partial charge in [0.25, 0.3) is 11.7 Å². The molecule has 0 aliphatic rings. The number of hydrogen-bond acceptors (Lipinski definition) is 5. The van der Waals surface area contributed by atoms with Crippen LogP contribution in [-0.4, -0.2) is 41.7 Å². The maximum atomic E-state index is 12.5. The number of benzene rings is 2. The van der Waals surface area contributed by atoms with Crippen molar-refractivity contribution in [1.82, 2.24) is 4.98 Å². The molecule has 3 aromatic rings. The molecule has 9 nitrogen and oxygen atoms in total. The summed E-state index contributed by atoms with van der Waals surface area (Å²) in [5.41, 5.74) is 7.93. The van der Waals surface area contributed by atoms with E-state index in [0.29, 0.717) is 29.6 Å². The van der Waals surface area contributed by atoms with Gasteiger partial charge in [-0.1, -0.05) is 6.07 Å². The fourth-order valence-electron chi connectivity index (χ4n) is 2.69. The van der Waals surface area contributed by atoms with E-state index in [2.05, 4.69) is 20.6 Å². The Kier molecular flexibility index (Phi) is 6.23. The molecule has 0 saturated carbocycles. The number of carbonyl (C=O) groups is 3. The number of nitrogens with two attached hydrogens (primary N) is 2. The van der Waals surface area contributed by atoms with E-state index in [1.165, 1.54) is 0 Å². The normalized spacial score (nSPS) is 11.0. The molecule has 0 saturated heterocycles. The summed E-state index contributed by atoms with van der Waals surface area (Å²) in [5, 5.41) is 13.0. The van der Waals surface area contributed by atoms with Gasteiger partial charge in [-0.15, -0.1) is 0 Å². The minimum atomic E-state index is -0.354. The van der Waals surface area contributed by atoms with Crippen molar-refractivity contribution < 1.29 is 19.8 Å². The highest BCUT2D eigenvalue weighted by molar-refractivity contribution is 6.31. The minimum Gasteiger partial charge on any atom is -0.379 e. The van der Waals surface area contributed by atoms with E-state index in [9.17, 15) is 14.4 Å². The fourth-order valence-corrected chi connectivity index (χ4v) is 2.69. The molecule has 0 spiro atoms. The summed E-state index contributed by atoms with van der Waals surface area (Å²) in [6, 6.07) is 13.9. The molecular formula is C21H19N6O3+. The summed E-state index contributed by atoms with van der Waals surface area (Å²) in [5.74, 6) is -0.136. The second-order valence-corrected chi connectivity index (χ2v) is 6.32. The van der Waals surface area contributed by atoms with Crippen molar-refractivity contribution in [2.24, 2.45) is 10.7 Å². The van der Waals surface area contributed by atoms with Gasteiger partial charge in [-0.3, -0.25) is 30.5 Å². The zero-order chi connectivity index (χ0) is 21.5.